The van der Waals surface area contributed by atoms with Crippen LogP contribution in [0.4, 0.5) is 0 Å². The molecule has 1 aliphatic rings. The molecule has 0 spiro atoms. The van der Waals surface area contributed by atoms with Gasteiger partial charge in [-0.3, -0.25) is 4.57 Å². The molecule has 0 aliphatic carbocycles. The van der Waals surface area contributed by atoms with Gasteiger partial charge in [0.2, 0.25) is 5.71 Å². The number of aromatic nitrogens is 2. The molecule has 3 atom stereocenters. The Morgan fingerprint density at radius 3 is 2.76 bits per heavy atom. The zero-order valence-electron chi connectivity index (χ0n) is 13.0. The lowest BCUT2D eigenvalue weighted by molar-refractivity contribution is -0.0457. The molecule has 8 heteroatoms. The van der Waals surface area contributed by atoms with Gasteiger partial charge in [-0.05, 0) is 18.2 Å². The average Bonchev–Trinajstić information content (AvgIpc) is 3.17. The summed E-state index contributed by atoms with van der Waals surface area (Å²) in [6, 6.07) is 9.40. The van der Waals surface area contributed by atoms with Gasteiger partial charge in [0.15, 0.2) is 0 Å². The van der Waals surface area contributed by atoms with Crippen molar-refractivity contribution < 1.29 is 19.4 Å². The van der Waals surface area contributed by atoms with E-state index in [-0.39, 0.29) is 18.7 Å². The van der Waals surface area contributed by atoms with E-state index in [0.717, 1.165) is 10.0 Å². The minimum absolute atomic E-state index is 0.218. The van der Waals surface area contributed by atoms with Crippen molar-refractivity contribution in [1.29, 1.82) is 0 Å². The Kier molecular flexibility index (Phi) is 4.20. The maximum atomic E-state index is 12.3. The quantitative estimate of drug-likeness (QED) is 0.690. The van der Waals surface area contributed by atoms with Crippen LogP contribution in [0.2, 0.25) is 0 Å². The predicted molar refractivity (Wildman–Crippen MR) is 93.0 cm³/mol. The number of hydrogen-bond acceptors (Lipinski definition) is 6. The third kappa shape index (κ3) is 3.02. The summed E-state index contributed by atoms with van der Waals surface area (Å²) in [6.45, 7) is -0.304. The Balaban J connectivity index is 1.72. The fourth-order valence-corrected chi connectivity index (χ4v) is 3.20. The topological polar surface area (TPSA) is 97.7 Å². The van der Waals surface area contributed by atoms with Gasteiger partial charge in [-0.2, -0.15) is 4.98 Å². The van der Waals surface area contributed by atoms with Crippen LogP contribution in [-0.4, -0.2) is 38.6 Å². The van der Waals surface area contributed by atoms with Gasteiger partial charge in [-0.1, -0.05) is 28.1 Å². The second kappa shape index (κ2) is 6.38. The van der Waals surface area contributed by atoms with Crippen LogP contribution in [0, 0.1) is 0 Å². The highest BCUT2D eigenvalue weighted by Crippen LogP contribution is 2.30. The Labute approximate surface area is 150 Å². The van der Waals surface area contributed by atoms with E-state index in [1.807, 2.05) is 24.3 Å². The molecule has 2 aromatic heterocycles. The van der Waals surface area contributed by atoms with E-state index in [1.54, 1.807) is 12.3 Å². The van der Waals surface area contributed by atoms with E-state index in [1.165, 1.54) is 4.57 Å². The SMILES string of the molecule is O=c1nc2oc(-c3ccc(Br)cc3)cc2cn1[C@H]1C[C@H](O)[C@@H](CO)O1. The summed E-state index contributed by atoms with van der Waals surface area (Å²) in [7, 11) is 0. The van der Waals surface area contributed by atoms with Crippen molar-refractivity contribution in [3.05, 3.63) is 51.5 Å². The summed E-state index contributed by atoms with van der Waals surface area (Å²) in [5.41, 5.74) is 0.588. The van der Waals surface area contributed by atoms with E-state index in [9.17, 15) is 15.0 Å². The number of halogens is 1. The fourth-order valence-electron chi connectivity index (χ4n) is 2.94. The molecule has 3 heterocycles. The number of benzene rings is 1. The van der Waals surface area contributed by atoms with Crippen molar-refractivity contribution in [2.24, 2.45) is 0 Å². The molecule has 7 nitrogen and oxygen atoms in total. The molecule has 0 radical (unpaired) electrons. The Bertz CT molecular complexity index is 965. The van der Waals surface area contributed by atoms with E-state index in [0.29, 0.717) is 11.1 Å². The molecule has 1 fully saturated rings. The monoisotopic (exact) mass is 406 g/mol. The van der Waals surface area contributed by atoms with Crippen LogP contribution in [0.15, 0.2) is 50.2 Å². The zero-order chi connectivity index (χ0) is 17.6. The minimum Gasteiger partial charge on any atom is -0.437 e. The molecular formula is C17H15BrN2O5. The van der Waals surface area contributed by atoms with E-state index in [2.05, 4.69) is 20.9 Å². The first-order chi connectivity index (χ1) is 12.0. The van der Waals surface area contributed by atoms with Crippen LogP contribution in [0.1, 0.15) is 12.6 Å². The van der Waals surface area contributed by atoms with Crippen molar-refractivity contribution >= 4 is 27.0 Å². The number of aliphatic hydroxyl groups excluding tert-OH is 2. The van der Waals surface area contributed by atoms with E-state index < -0.39 is 24.1 Å². The molecule has 0 saturated carbocycles. The van der Waals surface area contributed by atoms with Crippen LogP contribution < -0.4 is 5.69 Å². The number of rotatable bonds is 3. The summed E-state index contributed by atoms with van der Waals surface area (Å²) in [4.78, 5) is 16.2. The molecule has 25 heavy (non-hydrogen) atoms. The molecule has 4 rings (SSSR count). The third-order valence-electron chi connectivity index (χ3n) is 4.26. The van der Waals surface area contributed by atoms with Crippen LogP contribution >= 0.6 is 15.9 Å². The van der Waals surface area contributed by atoms with Crippen molar-refractivity contribution in [2.75, 3.05) is 6.61 Å². The first-order valence-corrected chi connectivity index (χ1v) is 8.57. The second-order valence-electron chi connectivity index (χ2n) is 5.92. The number of aliphatic hydroxyl groups is 2. The van der Waals surface area contributed by atoms with Gasteiger partial charge in [0.05, 0.1) is 18.1 Å². The molecule has 0 amide bonds. The first kappa shape index (κ1) is 16.5. The second-order valence-corrected chi connectivity index (χ2v) is 6.84. The molecule has 3 aromatic rings. The average molecular weight is 407 g/mol. The van der Waals surface area contributed by atoms with Gasteiger partial charge in [0, 0.05) is 22.7 Å². The lowest BCUT2D eigenvalue weighted by Crippen LogP contribution is -2.27. The Hall–Kier alpha value is -2.00. The van der Waals surface area contributed by atoms with E-state index >= 15 is 0 Å². The van der Waals surface area contributed by atoms with Crippen molar-refractivity contribution in [1.82, 2.24) is 9.55 Å². The summed E-state index contributed by atoms with van der Waals surface area (Å²) in [5.74, 6) is 0.604. The normalized spacial score (nSPS) is 23.4. The highest BCUT2D eigenvalue weighted by molar-refractivity contribution is 9.10. The van der Waals surface area contributed by atoms with Gasteiger partial charge in [0.1, 0.15) is 18.1 Å². The van der Waals surface area contributed by atoms with Crippen molar-refractivity contribution in [3.8, 4) is 11.3 Å². The van der Waals surface area contributed by atoms with Crippen LogP contribution in [0.3, 0.4) is 0 Å². The van der Waals surface area contributed by atoms with Gasteiger partial charge >= 0.3 is 5.69 Å². The highest BCUT2D eigenvalue weighted by Gasteiger charge is 2.35. The first-order valence-electron chi connectivity index (χ1n) is 7.78. The van der Waals surface area contributed by atoms with Gasteiger partial charge in [0.25, 0.3) is 0 Å². The lowest BCUT2D eigenvalue weighted by Gasteiger charge is -2.13. The van der Waals surface area contributed by atoms with Gasteiger partial charge in [-0.15, -0.1) is 0 Å². The standard InChI is InChI=1S/C17H15BrN2O5/c18-11-3-1-9(2-4-11)13-5-10-7-20(17(23)19-16(10)25-13)15-6-12(22)14(8-21)24-15/h1-5,7,12,14-15,21-22H,6,8H2/t12-,14+,15+/m0/s1. The van der Waals surface area contributed by atoms with Crippen molar-refractivity contribution in [3.63, 3.8) is 0 Å². The maximum absolute atomic E-state index is 12.3. The largest absolute Gasteiger partial charge is 0.437 e. The van der Waals surface area contributed by atoms with Gasteiger partial charge in [-0.25, -0.2) is 4.79 Å². The number of furan rings is 1. The van der Waals surface area contributed by atoms with Crippen LogP contribution in [-0.2, 0) is 4.74 Å². The molecule has 2 N–H and O–H groups in total. The molecule has 1 aliphatic heterocycles. The number of nitrogens with zero attached hydrogens (tertiary/aromatic N) is 2. The molecule has 1 saturated heterocycles. The number of ether oxygens (including phenoxy) is 1. The Morgan fingerprint density at radius 2 is 2.08 bits per heavy atom. The zero-order valence-corrected chi connectivity index (χ0v) is 14.6. The minimum atomic E-state index is -0.819. The highest BCUT2D eigenvalue weighted by atomic mass is 79.9. The van der Waals surface area contributed by atoms with Crippen LogP contribution in [0.5, 0.6) is 0 Å². The summed E-state index contributed by atoms with van der Waals surface area (Å²) < 4.78 is 13.5. The Morgan fingerprint density at radius 1 is 1.32 bits per heavy atom. The molecular weight excluding hydrogens is 392 g/mol. The van der Waals surface area contributed by atoms with E-state index in [4.69, 9.17) is 9.15 Å². The molecule has 0 unspecified atom stereocenters. The fraction of sp³-hybridized carbons (Fsp3) is 0.294. The summed E-state index contributed by atoms with van der Waals surface area (Å²) >= 11 is 3.39. The third-order valence-corrected chi connectivity index (χ3v) is 4.79. The lowest BCUT2D eigenvalue weighted by atomic mass is 10.2. The summed E-state index contributed by atoms with van der Waals surface area (Å²) in [6.07, 6.45) is -0.359. The maximum Gasteiger partial charge on any atom is 0.353 e. The number of hydrogen-bond donors (Lipinski definition) is 2. The molecule has 130 valence electrons. The van der Waals surface area contributed by atoms with Gasteiger partial charge < -0.3 is 19.4 Å². The molecule has 0 bridgehead atoms. The molecule has 1 aromatic carbocycles. The van der Waals surface area contributed by atoms with Crippen molar-refractivity contribution in [2.45, 2.75) is 24.9 Å². The number of fused-ring (bicyclic) bond motifs is 1. The smallest absolute Gasteiger partial charge is 0.353 e. The summed E-state index contributed by atoms with van der Waals surface area (Å²) in [5, 5.41) is 19.7. The van der Waals surface area contributed by atoms with Crippen LogP contribution in [0.25, 0.3) is 22.4 Å². The predicted octanol–water partition coefficient (Wildman–Crippen LogP) is 2.06.